The number of hydrogen-bond donors (Lipinski definition) is 3. The molecule has 2 aliphatic rings. The Bertz CT molecular complexity index is 1440. The van der Waals surface area contributed by atoms with Crippen LogP contribution in [0.3, 0.4) is 0 Å². The molecule has 8 heteroatoms. The summed E-state index contributed by atoms with van der Waals surface area (Å²) in [5.41, 5.74) is 7.48. The minimum atomic E-state index is 0. The normalized spacial score (nSPS) is 17.7. The monoisotopic (exact) mass is 750 g/mol. The van der Waals surface area contributed by atoms with E-state index >= 15 is 0 Å². The fraction of sp³-hybridized carbons (Fsp3) is 0.314. The third-order valence-corrected chi connectivity index (χ3v) is 8.45. The van der Waals surface area contributed by atoms with Crippen LogP contribution < -0.4 is 17.7 Å². The zero-order chi connectivity index (χ0) is 30.1. The van der Waals surface area contributed by atoms with Crippen molar-refractivity contribution in [3.8, 4) is 11.5 Å². The number of quaternary nitrogens is 1. The van der Waals surface area contributed by atoms with Crippen molar-refractivity contribution in [3.63, 3.8) is 0 Å². The van der Waals surface area contributed by atoms with Gasteiger partial charge >= 0.3 is 0 Å². The number of nitrogens with two attached hydrogens (primary N) is 1. The van der Waals surface area contributed by atoms with E-state index in [1.54, 1.807) is 0 Å². The zero-order valence-electron chi connectivity index (χ0n) is 24.6. The largest absolute Gasteiger partial charge is 1.00 e. The molecule has 2 atom stereocenters. The second-order valence-corrected chi connectivity index (χ2v) is 13.1. The van der Waals surface area contributed by atoms with E-state index in [9.17, 15) is 10.2 Å². The fourth-order valence-electron chi connectivity index (χ4n) is 5.77. The van der Waals surface area contributed by atoms with Crippen molar-refractivity contribution in [1.82, 2.24) is 4.90 Å². The van der Waals surface area contributed by atoms with Gasteiger partial charge in [-0.15, -0.1) is 0 Å². The number of hydrogen-bond acceptors (Lipinski definition) is 3. The van der Waals surface area contributed by atoms with E-state index in [0.717, 1.165) is 39.0 Å². The maximum atomic E-state index is 9.95. The number of phenols is 2. The lowest BCUT2D eigenvalue weighted by Gasteiger charge is -2.22. The van der Waals surface area contributed by atoms with Crippen molar-refractivity contribution in [1.29, 1.82) is 0 Å². The molecular weight excluding hydrogens is 712 g/mol. The first-order chi connectivity index (χ1) is 20.3. The van der Waals surface area contributed by atoms with Crippen molar-refractivity contribution in [2.24, 2.45) is 0 Å². The summed E-state index contributed by atoms with van der Waals surface area (Å²) in [5.74, 6) is 0.961. The summed E-state index contributed by atoms with van der Waals surface area (Å²) >= 11 is 14.4. The first-order valence-corrected chi connectivity index (χ1v) is 16.8. The summed E-state index contributed by atoms with van der Waals surface area (Å²) in [5, 5.41) is 23.1. The van der Waals surface area contributed by atoms with E-state index in [0.29, 0.717) is 16.0 Å². The molecule has 6 rings (SSSR count). The predicted octanol–water partition coefficient (Wildman–Crippen LogP) is 4.41. The molecule has 4 aromatic carbocycles. The maximum absolute atomic E-state index is 9.95. The van der Waals surface area contributed by atoms with Crippen LogP contribution in [0.4, 0.5) is 0 Å². The lowest BCUT2D eigenvalue weighted by Crippen LogP contribution is -3.00. The summed E-state index contributed by atoms with van der Waals surface area (Å²) < 4.78 is 1.22. The van der Waals surface area contributed by atoms with Gasteiger partial charge in [0.1, 0.15) is 11.5 Å². The molecule has 0 aromatic heterocycles. The Morgan fingerprint density at radius 2 is 1.26 bits per heavy atom. The molecule has 4 nitrogen and oxygen atoms in total. The number of aromatic hydroxyl groups is 2. The average molecular weight is 752 g/mol. The van der Waals surface area contributed by atoms with Gasteiger partial charge < -0.3 is 32.8 Å². The molecule has 2 heterocycles. The lowest BCUT2D eigenvalue weighted by molar-refractivity contribution is -0.654. The number of fused-ring (bicyclic) bond motifs is 2. The van der Waals surface area contributed by atoms with Crippen LogP contribution in [0.1, 0.15) is 52.1 Å². The Hall–Kier alpha value is -2.00. The van der Waals surface area contributed by atoms with Crippen LogP contribution in [-0.2, 0) is 12.8 Å². The van der Waals surface area contributed by atoms with Crippen LogP contribution in [0.5, 0.6) is 11.5 Å². The quantitative estimate of drug-likeness (QED) is 0.211. The van der Waals surface area contributed by atoms with Gasteiger partial charge in [-0.05, 0) is 75.5 Å². The van der Waals surface area contributed by atoms with Crippen molar-refractivity contribution in [2.75, 3.05) is 37.7 Å². The van der Waals surface area contributed by atoms with Gasteiger partial charge in [-0.3, -0.25) is 0 Å². The summed E-state index contributed by atoms with van der Waals surface area (Å²) in [6, 6.07) is 28.5. The highest BCUT2D eigenvalue weighted by atomic mass is 127. The van der Waals surface area contributed by atoms with Crippen LogP contribution in [0, 0.1) is 0 Å². The van der Waals surface area contributed by atoms with Crippen molar-refractivity contribution in [2.45, 2.75) is 31.6 Å². The molecule has 0 saturated heterocycles. The summed E-state index contributed by atoms with van der Waals surface area (Å²) in [7, 11) is 2.14. The number of alkyl halides is 1. The Morgan fingerprint density at radius 3 is 1.79 bits per heavy atom. The molecule has 4 aromatic rings. The Labute approximate surface area is 286 Å². The number of nitrogens with zero attached hydrogens (tertiary/aromatic N) is 1. The van der Waals surface area contributed by atoms with E-state index in [2.05, 4.69) is 95.3 Å². The molecule has 0 radical (unpaired) electrons. The second-order valence-electron chi connectivity index (χ2n) is 10.8. The first-order valence-electron chi connectivity index (χ1n) is 14.5. The standard InChI is InChI=1S/C17H18ClNO.C16H16ClNO.C2H5I.ClH/c1-19-8-7-13-9-16(18)17(20)10-14(13)15(11-19)12-5-3-2-4-6-12;17-15-8-12-6-7-18-10-14(13(12)9-16(15)19)11-4-2-1-3-5-11;1-2-3;/h2-6,9-10,15,20H,7-8,11H2,1H3;1-5,8-9,14,18-19H,6-7,10H2;2H2,1H3;1H/i1-1;;1-1;. The number of likely N-dealkylation sites (N-methyl/N-ethyl adjacent to an activating group) is 1. The maximum Gasteiger partial charge on any atom is 0.134 e. The summed E-state index contributed by atoms with van der Waals surface area (Å²) in [6.07, 6.45) is 1.97. The van der Waals surface area contributed by atoms with Crippen LogP contribution in [0.25, 0.3) is 0 Å². The Balaban J connectivity index is 0.000000212. The molecule has 0 amide bonds. The van der Waals surface area contributed by atoms with E-state index in [1.807, 2.05) is 36.4 Å². The van der Waals surface area contributed by atoms with E-state index in [-0.39, 0.29) is 29.8 Å². The van der Waals surface area contributed by atoms with Gasteiger partial charge in [0, 0.05) is 25.4 Å². The van der Waals surface area contributed by atoms with Gasteiger partial charge in [0.05, 0.1) is 29.1 Å². The lowest BCUT2D eigenvalue weighted by atomic mass is 9.88. The van der Waals surface area contributed by atoms with Crippen LogP contribution in [0.2, 0.25) is 10.0 Å². The molecule has 0 aliphatic carbocycles. The highest BCUT2D eigenvalue weighted by molar-refractivity contribution is 14.1. The molecular formula is C35H40Cl3IN2O2. The van der Waals surface area contributed by atoms with Gasteiger partial charge in [-0.2, -0.15) is 0 Å². The molecule has 2 unspecified atom stereocenters. The van der Waals surface area contributed by atoms with Crippen molar-refractivity contribution >= 4 is 45.8 Å². The Morgan fingerprint density at radius 1 is 0.791 bits per heavy atom. The molecule has 43 heavy (non-hydrogen) atoms. The second kappa shape index (κ2) is 17.5. The van der Waals surface area contributed by atoms with E-state index in [1.165, 1.54) is 37.8 Å². The van der Waals surface area contributed by atoms with Gasteiger partial charge in [-0.25, -0.2) is 0 Å². The molecule has 4 N–H and O–H groups in total. The highest BCUT2D eigenvalue weighted by Crippen LogP contribution is 2.37. The van der Waals surface area contributed by atoms with Crippen LogP contribution >= 0.6 is 45.8 Å². The zero-order valence-corrected chi connectivity index (χ0v) is 29.0. The Kier molecular flexibility index (Phi) is 14.4. The van der Waals surface area contributed by atoms with E-state index in [4.69, 9.17) is 23.2 Å². The highest BCUT2D eigenvalue weighted by Gasteiger charge is 2.25. The number of halogens is 4. The minimum Gasteiger partial charge on any atom is -1.00 e. The SMILES string of the molecule is Oc1cc2c(cc1Cl)CC[NH2+]CC2c1ccccc1.[11CH3]CI.[11CH3]N1CCc2cc(Cl)c(O)cc2C(c2ccccc2)C1.[Cl-]. The first kappa shape index (κ1) is 35.5. The summed E-state index contributed by atoms with van der Waals surface area (Å²) in [4.78, 5) is 2.34. The topological polar surface area (TPSA) is 60.3 Å². The third kappa shape index (κ3) is 9.49. The van der Waals surface area contributed by atoms with Crippen LogP contribution in [0.15, 0.2) is 84.9 Å². The molecule has 2 aliphatic heterocycles. The molecule has 230 valence electrons. The average Bonchev–Trinajstić information content (AvgIpc) is 3.29. The van der Waals surface area contributed by atoms with Crippen molar-refractivity contribution < 1.29 is 27.9 Å². The molecule has 0 spiro atoms. The number of phenolic OH excluding ortho intramolecular Hbond substituents is 2. The summed E-state index contributed by atoms with van der Waals surface area (Å²) in [6.45, 7) is 6.16. The number of rotatable bonds is 2. The third-order valence-electron chi connectivity index (χ3n) is 7.85. The van der Waals surface area contributed by atoms with Gasteiger partial charge in [-0.1, -0.05) is 113 Å². The fourth-order valence-corrected chi connectivity index (χ4v) is 6.15. The van der Waals surface area contributed by atoms with E-state index < -0.39 is 0 Å². The minimum absolute atomic E-state index is 0. The molecule has 0 bridgehead atoms. The van der Waals surface area contributed by atoms with Gasteiger partial charge in [0.15, 0.2) is 0 Å². The van der Waals surface area contributed by atoms with Gasteiger partial charge in [0.2, 0.25) is 0 Å². The molecule has 0 saturated carbocycles. The molecule has 0 fully saturated rings. The van der Waals surface area contributed by atoms with Gasteiger partial charge in [0.25, 0.3) is 0 Å². The van der Waals surface area contributed by atoms with Crippen LogP contribution in [-0.4, -0.2) is 52.8 Å². The number of benzene rings is 4. The smallest absolute Gasteiger partial charge is 0.134 e. The predicted molar refractivity (Wildman–Crippen MR) is 184 cm³/mol. The van der Waals surface area contributed by atoms with Crippen molar-refractivity contribution in [3.05, 3.63) is 128 Å².